The van der Waals surface area contributed by atoms with Crippen LogP contribution >= 0.6 is 0 Å². The summed E-state index contributed by atoms with van der Waals surface area (Å²) < 4.78 is 16.6. The molecule has 0 aromatic heterocycles. The summed E-state index contributed by atoms with van der Waals surface area (Å²) in [5.74, 6) is 1.62. The quantitative estimate of drug-likeness (QED) is 0.423. The molecular weight excluding hydrogens is 434 g/mol. The first kappa shape index (κ1) is 25.1. The topological polar surface area (TPSA) is 89.5 Å². The monoisotopic (exact) mass is 467 g/mol. The van der Waals surface area contributed by atoms with Gasteiger partial charge in [-0.05, 0) is 68.1 Å². The summed E-state index contributed by atoms with van der Waals surface area (Å²) in [7, 11) is 1.57. The highest BCUT2D eigenvalue weighted by Crippen LogP contribution is 2.28. The lowest BCUT2D eigenvalue weighted by Crippen LogP contribution is -2.42. The van der Waals surface area contributed by atoms with Crippen molar-refractivity contribution < 1.29 is 23.8 Å². The molecule has 0 radical (unpaired) electrons. The minimum Gasteiger partial charge on any atom is -0.497 e. The lowest BCUT2D eigenvalue weighted by molar-refractivity contribution is -0.126. The van der Waals surface area contributed by atoms with Gasteiger partial charge in [-0.15, -0.1) is 0 Å². The highest BCUT2D eigenvalue weighted by molar-refractivity contribution is 5.94. The van der Waals surface area contributed by atoms with Gasteiger partial charge in [-0.2, -0.15) is 5.10 Å². The van der Waals surface area contributed by atoms with Gasteiger partial charge >= 0.3 is 0 Å². The molecule has 0 spiro atoms. The van der Waals surface area contributed by atoms with Gasteiger partial charge in [-0.25, -0.2) is 5.43 Å². The molecule has 8 heteroatoms. The standard InChI is InChI=1S/C26H33N3O5/c1-4-15-34-23-10-9-19(16-24(23)33-5-2)18-27-28-25(30)20-11-13-29(14-12-20)26(31)21-7-6-8-22(17-21)32-3/h6-10,16-18,20H,4-5,11-15H2,1-3H3,(H,28,30)/b27-18-. The summed E-state index contributed by atoms with van der Waals surface area (Å²) in [5.41, 5.74) is 4.02. The molecule has 1 fully saturated rings. The molecule has 0 aliphatic carbocycles. The van der Waals surface area contributed by atoms with Gasteiger partial charge in [0.25, 0.3) is 5.91 Å². The fourth-order valence-corrected chi connectivity index (χ4v) is 3.75. The van der Waals surface area contributed by atoms with E-state index >= 15 is 0 Å². The maximum absolute atomic E-state index is 12.8. The summed E-state index contributed by atoms with van der Waals surface area (Å²) in [6.45, 7) is 6.16. The molecule has 34 heavy (non-hydrogen) atoms. The second-order valence-corrected chi connectivity index (χ2v) is 8.02. The Balaban J connectivity index is 1.51. The molecule has 0 saturated carbocycles. The molecule has 8 nitrogen and oxygen atoms in total. The molecule has 0 bridgehead atoms. The summed E-state index contributed by atoms with van der Waals surface area (Å²) in [5, 5.41) is 4.12. The summed E-state index contributed by atoms with van der Waals surface area (Å²) >= 11 is 0. The number of piperidine rings is 1. The maximum Gasteiger partial charge on any atom is 0.253 e. The van der Waals surface area contributed by atoms with Crippen molar-refractivity contribution in [3.63, 3.8) is 0 Å². The Hall–Kier alpha value is -3.55. The first-order chi connectivity index (χ1) is 16.5. The number of carbonyl (C=O) groups excluding carboxylic acids is 2. The molecule has 0 unspecified atom stereocenters. The number of ether oxygens (including phenoxy) is 3. The summed E-state index contributed by atoms with van der Waals surface area (Å²) in [6, 6.07) is 12.7. The van der Waals surface area contributed by atoms with Gasteiger partial charge in [0.1, 0.15) is 5.75 Å². The third-order valence-corrected chi connectivity index (χ3v) is 5.59. The van der Waals surface area contributed by atoms with Crippen LogP contribution < -0.4 is 19.6 Å². The number of benzene rings is 2. The molecule has 0 atom stereocenters. The smallest absolute Gasteiger partial charge is 0.253 e. The second-order valence-electron chi connectivity index (χ2n) is 8.02. The van der Waals surface area contributed by atoms with Gasteiger partial charge in [-0.1, -0.05) is 13.0 Å². The average molecular weight is 468 g/mol. The molecule has 2 aromatic rings. The highest BCUT2D eigenvalue weighted by Gasteiger charge is 2.27. The Kier molecular flexibility index (Phi) is 9.31. The lowest BCUT2D eigenvalue weighted by Gasteiger charge is -2.31. The Bertz CT molecular complexity index is 1000. The normalized spacial score (nSPS) is 14.1. The minimum atomic E-state index is -0.185. The first-order valence-electron chi connectivity index (χ1n) is 11.7. The van der Waals surface area contributed by atoms with E-state index in [4.69, 9.17) is 14.2 Å². The number of hydrazone groups is 1. The predicted octanol–water partition coefficient (Wildman–Crippen LogP) is 3.89. The van der Waals surface area contributed by atoms with E-state index in [0.717, 1.165) is 12.0 Å². The lowest BCUT2D eigenvalue weighted by atomic mass is 9.95. The minimum absolute atomic E-state index is 0.0488. The molecule has 2 amide bonds. The Morgan fingerprint density at radius 3 is 2.59 bits per heavy atom. The third kappa shape index (κ3) is 6.73. The van der Waals surface area contributed by atoms with Crippen molar-refractivity contribution in [2.24, 2.45) is 11.0 Å². The van der Waals surface area contributed by atoms with Crippen LogP contribution in [0.15, 0.2) is 47.6 Å². The largest absolute Gasteiger partial charge is 0.497 e. The number of methoxy groups -OCH3 is 1. The van der Waals surface area contributed by atoms with E-state index in [2.05, 4.69) is 10.5 Å². The van der Waals surface area contributed by atoms with Crippen LogP contribution in [0.2, 0.25) is 0 Å². The van der Waals surface area contributed by atoms with E-state index in [-0.39, 0.29) is 17.7 Å². The molecule has 2 aromatic carbocycles. The van der Waals surface area contributed by atoms with Crippen LogP contribution in [0.1, 0.15) is 49.0 Å². The average Bonchev–Trinajstić information content (AvgIpc) is 2.88. The molecule has 1 saturated heterocycles. The second kappa shape index (κ2) is 12.6. The zero-order valence-electron chi connectivity index (χ0n) is 20.1. The van der Waals surface area contributed by atoms with Crippen LogP contribution in [0.25, 0.3) is 0 Å². The van der Waals surface area contributed by atoms with Crippen molar-refractivity contribution in [3.8, 4) is 17.2 Å². The number of nitrogens with one attached hydrogen (secondary N) is 1. The van der Waals surface area contributed by atoms with Crippen LogP contribution in [-0.2, 0) is 4.79 Å². The molecule has 3 rings (SSSR count). The SMILES string of the molecule is CCCOc1ccc(/C=N\NC(=O)C2CCN(C(=O)c3cccc(OC)c3)CC2)cc1OCC. The van der Waals surface area contributed by atoms with E-state index in [1.807, 2.05) is 32.0 Å². The molecule has 1 aliphatic rings. The number of likely N-dealkylation sites (tertiary alicyclic amines) is 1. The zero-order valence-corrected chi connectivity index (χ0v) is 20.1. The highest BCUT2D eigenvalue weighted by atomic mass is 16.5. The van der Waals surface area contributed by atoms with Crippen LogP contribution in [0.3, 0.4) is 0 Å². The summed E-state index contributed by atoms with van der Waals surface area (Å²) in [6.07, 6.45) is 3.68. The number of carbonyl (C=O) groups is 2. The first-order valence-corrected chi connectivity index (χ1v) is 11.7. The Morgan fingerprint density at radius 1 is 1.09 bits per heavy atom. The van der Waals surface area contributed by atoms with Gasteiger partial charge in [0.15, 0.2) is 11.5 Å². The van der Waals surface area contributed by atoms with Gasteiger partial charge < -0.3 is 19.1 Å². The number of amides is 2. The number of hydrogen-bond donors (Lipinski definition) is 1. The van der Waals surface area contributed by atoms with Crippen molar-refractivity contribution in [3.05, 3.63) is 53.6 Å². The number of nitrogens with zero attached hydrogens (tertiary/aromatic N) is 2. The van der Waals surface area contributed by atoms with Gasteiger partial charge in [0, 0.05) is 24.6 Å². The predicted molar refractivity (Wildman–Crippen MR) is 131 cm³/mol. The zero-order chi connectivity index (χ0) is 24.3. The fourth-order valence-electron chi connectivity index (χ4n) is 3.75. The van der Waals surface area contributed by atoms with Crippen LogP contribution in [-0.4, -0.2) is 56.3 Å². The maximum atomic E-state index is 12.8. The number of hydrogen-bond acceptors (Lipinski definition) is 6. The van der Waals surface area contributed by atoms with E-state index in [1.54, 1.807) is 42.5 Å². The van der Waals surface area contributed by atoms with Gasteiger partial charge in [-0.3, -0.25) is 9.59 Å². The molecule has 1 N–H and O–H groups in total. The van der Waals surface area contributed by atoms with Crippen LogP contribution in [0.4, 0.5) is 0 Å². The van der Waals surface area contributed by atoms with Crippen molar-refractivity contribution in [1.82, 2.24) is 10.3 Å². The van der Waals surface area contributed by atoms with Crippen molar-refractivity contribution >= 4 is 18.0 Å². The van der Waals surface area contributed by atoms with E-state index in [0.29, 0.717) is 62.0 Å². The molecular formula is C26H33N3O5. The van der Waals surface area contributed by atoms with Crippen molar-refractivity contribution in [2.45, 2.75) is 33.1 Å². The van der Waals surface area contributed by atoms with Gasteiger partial charge in [0.05, 0.1) is 26.5 Å². The van der Waals surface area contributed by atoms with Crippen molar-refractivity contribution in [1.29, 1.82) is 0 Å². The molecule has 1 aliphatic heterocycles. The molecule has 1 heterocycles. The summed E-state index contributed by atoms with van der Waals surface area (Å²) in [4.78, 5) is 27.1. The van der Waals surface area contributed by atoms with Gasteiger partial charge in [0.2, 0.25) is 5.91 Å². The van der Waals surface area contributed by atoms with E-state index in [9.17, 15) is 9.59 Å². The van der Waals surface area contributed by atoms with Crippen LogP contribution in [0.5, 0.6) is 17.2 Å². The van der Waals surface area contributed by atoms with Crippen LogP contribution in [0, 0.1) is 5.92 Å². The van der Waals surface area contributed by atoms with Crippen molar-refractivity contribution in [2.75, 3.05) is 33.4 Å². The number of rotatable bonds is 10. The van der Waals surface area contributed by atoms with E-state index < -0.39 is 0 Å². The third-order valence-electron chi connectivity index (χ3n) is 5.59. The van der Waals surface area contributed by atoms with E-state index in [1.165, 1.54) is 0 Å². The Morgan fingerprint density at radius 2 is 1.88 bits per heavy atom. The molecule has 182 valence electrons. The Labute approximate surface area is 200 Å². The fraction of sp³-hybridized carbons (Fsp3) is 0.423.